The van der Waals surface area contributed by atoms with E-state index in [1.165, 1.54) is 26.4 Å². The number of carbonyl (C=O) groups is 1. The van der Waals surface area contributed by atoms with Gasteiger partial charge in [0.1, 0.15) is 0 Å². The van der Waals surface area contributed by atoms with Gasteiger partial charge in [-0.15, -0.1) is 24.0 Å². The highest BCUT2D eigenvalue weighted by Gasteiger charge is 2.30. The molecule has 2 fully saturated rings. The summed E-state index contributed by atoms with van der Waals surface area (Å²) < 4.78 is 4.84. The van der Waals surface area contributed by atoms with Gasteiger partial charge in [-0.3, -0.25) is 4.98 Å². The Bertz CT molecular complexity index is 611. The quantitative estimate of drug-likeness (QED) is 0.334. The van der Waals surface area contributed by atoms with E-state index in [-0.39, 0.29) is 29.9 Å². The van der Waals surface area contributed by atoms with Gasteiger partial charge >= 0.3 is 5.97 Å². The first-order valence-corrected chi connectivity index (χ1v) is 8.32. The molecule has 2 heterocycles. The van der Waals surface area contributed by atoms with Crippen molar-refractivity contribution in [2.24, 2.45) is 10.7 Å². The van der Waals surface area contributed by atoms with Gasteiger partial charge < -0.3 is 15.4 Å². The zero-order valence-electron chi connectivity index (χ0n) is 14.0. The van der Waals surface area contributed by atoms with Crippen LogP contribution in [-0.4, -0.2) is 42.0 Å². The lowest BCUT2D eigenvalue weighted by molar-refractivity contribution is 0.0598. The maximum atomic E-state index is 11.8. The van der Waals surface area contributed by atoms with Gasteiger partial charge in [0.25, 0.3) is 0 Å². The predicted octanol–water partition coefficient (Wildman–Crippen LogP) is 2.66. The van der Waals surface area contributed by atoms with Crippen LogP contribution in [0.3, 0.4) is 0 Å². The molecule has 0 unspecified atom stereocenters. The van der Waals surface area contributed by atoms with Gasteiger partial charge in [-0.2, -0.15) is 0 Å². The number of piperidine rings is 1. The number of hydrogen-bond acceptors (Lipinski definition) is 4. The number of ether oxygens (including phenoxy) is 1. The third kappa shape index (κ3) is 4.58. The van der Waals surface area contributed by atoms with Crippen molar-refractivity contribution in [2.75, 3.05) is 20.2 Å². The van der Waals surface area contributed by atoms with Crippen LogP contribution in [0.4, 0.5) is 0 Å². The number of guanidine groups is 1. The summed E-state index contributed by atoms with van der Waals surface area (Å²) in [6.45, 7) is 2.41. The SMILES string of the molecule is COC(=O)c1ccc(CN=C(N)N2CCCCC2)nc1C1CC1.I. The van der Waals surface area contributed by atoms with Crippen LogP contribution < -0.4 is 5.73 Å². The van der Waals surface area contributed by atoms with Crippen LogP contribution in [0.15, 0.2) is 17.1 Å². The molecule has 2 N–H and O–H groups in total. The molecule has 1 aliphatic carbocycles. The van der Waals surface area contributed by atoms with E-state index >= 15 is 0 Å². The van der Waals surface area contributed by atoms with Crippen molar-refractivity contribution in [1.29, 1.82) is 0 Å². The van der Waals surface area contributed by atoms with Crippen LogP contribution in [0.1, 0.15) is 59.8 Å². The summed E-state index contributed by atoms with van der Waals surface area (Å²) in [4.78, 5) is 23.1. The maximum Gasteiger partial charge on any atom is 0.339 e. The molecule has 0 atom stereocenters. The fraction of sp³-hybridized carbons (Fsp3) is 0.588. The molecule has 0 radical (unpaired) electrons. The van der Waals surface area contributed by atoms with E-state index < -0.39 is 0 Å². The third-order valence-electron chi connectivity index (χ3n) is 4.43. The van der Waals surface area contributed by atoms with Crippen molar-refractivity contribution in [3.63, 3.8) is 0 Å². The van der Waals surface area contributed by atoms with Gasteiger partial charge in [-0.05, 0) is 44.2 Å². The topological polar surface area (TPSA) is 80.8 Å². The first-order chi connectivity index (χ1) is 11.2. The number of esters is 1. The lowest BCUT2D eigenvalue weighted by Crippen LogP contribution is -2.40. The van der Waals surface area contributed by atoms with Gasteiger partial charge in [-0.25, -0.2) is 9.79 Å². The van der Waals surface area contributed by atoms with Crippen LogP contribution in [0.5, 0.6) is 0 Å². The van der Waals surface area contributed by atoms with E-state index in [4.69, 9.17) is 10.5 Å². The number of aliphatic imine (C=N–C) groups is 1. The maximum absolute atomic E-state index is 11.8. The lowest BCUT2D eigenvalue weighted by Gasteiger charge is -2.27. The van der Waals surface area contributed by atoms with Gasteiger partial charge in [0.2, 0.25) is 0 Å². The Morgan fingerprint density at radius 3 is 2.67 bits per heavy atom. The summed E-state index contributed by atoms with van der Waals surface area (Å²) in [5.41, 5.74) is 8.35. The molecule has 0 amide bonds. The molecule has 6 nitrogen and oxygen atoms in total. The molecular weight excluding hydrogens is 419 g/mol. The minimum Gasteiger partial charge on any atom is -0.465 e. The molecule has 1 saturated carbocycles. The number of likely N-dealkylation sites (tertiary alicyclic amines) is 1. The van der Waals surface area contributed by atoms with Gasteiger partial charge in [0.15, 0.2) is 5.96 Å². The molecule has 132 valence electrons. The number of halogens is 1. The Balaban J connectivity index is 0.00000208. The number of hydrogen-bond donors (Lipinski definition) is 1. The van der Waals surface area contributed by atoms with Crippen LogP contribution >= 0.6 is 24.0 Å². The van der Waals surface area contributed by atoms with E-state index in [9.17, 15) is 4.79 Å². The number of rotatable bonds is 4. The van der Waals surface area contributed by atoms with Crippen LogP contribution in [-0.2, 0) is 11.3 Å². The van der Waals surface area contributed by atoms with Crippen molar-refractivity contribution >= 4 is 35.9 Å². The molecule has 24 heavy (non-hydrogen) atoms. The monoisotopic (exact) mass is 444 g/mol. The number of carbonyl (C=O) groups excluding carboxylic acids is 1. The van der Waals surface area contributed by atoms with E-state index in [2.05, 4.69) is 14.9 Å². The zero-order valence-corrected chi connectivity index (χ0v) is 16.4. The average molecular weight is 444 g/mol. The molecule has 2 aliphatic rings. The molecule has 1 aliphatic heterocycles. The molecule has 1 aromatic heterocycles. The molecule has 1 saturated heterocycles. The van der Waals surface area contributed by atoms with Crippen molar-refractivity contribution in [3.8, 4) is 0 Å². The van der Waals surface area contributed by atoms with Crippen LogP contribution in [0, 0.1) is 0 Å². The Hall–Kier alpha value is -1.38. The van der Waals surface area contributed by atoms with Crippen molar-refractivity contribution in [2.45, 2.75) is 44.6 Å². The minimum atomic E-state index is -0.317. The van der Waals surface area contributed by atoms with E-state index in [0.717, 1.165) is 37.3 Å². The molecule has 7 heteroatoms. The highest BCUT2D eigenvalue weighted by molar-refractivity contribution is 14.0. The number of nitrogens with two attached hydrogens (primary N) is 1. The van der Waals surface area contributed by atoms with Crippen LogP contribution in [0.2, 0.25) is 0 Å². The number of aromatic nitrogens is 1. The summed E-state index contributed by atoms with van der Waals surface area (Å²) in [7, 11) is 1.40. The molecular formula is C17H25IN4O2. The van der Waals surface area contributed by atoms with E-state index in [1.807, 2.05) is 6.07 Å². The largest absolute Gasteiger partial charge is 0.465 e. The normalized spacial score (nSPS) is 18.0. The van der Waals surface area contributed by atoms with Gasteiger partial charge in [0.05, 0.1) is 30.6 Å². The first kappa shape index (κ1) is 19.0. The first-order valence-electron chi connectivity index (χ1n) is 8.32. The number of nitrogens with zero attached hydrogens (tertiary/aromatic N) is 3. The Morgan fingerprint density at radius 1 is 1.33 bits per heavy atom. The average Bonchev–Trinajstić information content (AvgIpc) is 3.44. The molecule has 1 aromatic rings. The fourth-order valence-electron chi connectivity index (χ4n) is 2.94. The van der Waals surface area contributed by atoms with Crippen LogP contribution in [0.25, 0.3) is 0 Å². The predicted molar refractivity (Wildman–Crippen MR) is 104 cm³/mol. The van der Waals surface area contributed by atoms with Crippen molar-refractivity contribution in [3.05, 3.63) is 29.1 Å². The highest BCUT2D eigenvalue weighted by atomic mass is 127. The Kier molecular flexibility index (Phi) is 6.82. The van der Waals surface area contributed by atoms with E-state index in [1.54, 1.807) is 6.07 Å². The summed E-state index contributed by atoms with van der Waals surface area (Å²) in [6.07, 6.45) is 5.78. The van der Waals surface area contributed by atoms with Gasteiger partial charge in [-0.1, -0.05) is 0 Å². The summed E-state index contributed by atoms with van der Waals surface area (Å²) in [5, 5.41) is 0. The highest BCUT2D eigenvalue weighted by Crippen LogP contribution is 2.40. The second-order valence-corrected chi connectivity index (χ2v) is 6.22. The fourth-order valence-corrected chi connectivity index (χ4v) is 2.94. The Labute approximate surface area is 159 Å². The van der Waals surface area contributed by atoms with Gasteiger partial charge in [0, 0.05) is 19.0 Å². The summed E-state index contributed by atoms with van der Waals surface area (Å²) >= 11 is 0. The molecule has 0 aromatic carbocycles. The number of pyridine rings is 1. The molecule has 0 spiro atoms. The second kappa shape index (κ2) is 8.64. The molecule has 0 bridgehead atoms. The third-order valence-corrected chi connectivity index (χ3v) is 4.43. The second-order valence-electron chi connectivity index (χ2n) is 6.22. The smallest absolute Gasteiger partial charge is 0.339 e. The Morgan fingerprint density at radius 2 is 2.04 bits per heavy atom. The van der Waals surface area contributed by atoms with Crippen molar-refractivity contribution in [1.82, 2.24) is 9.88 Å². The summed E-state index contributed by atoms with van der Waals surface area (Å²) in [6, 6.07) is 3.64. The minimum absolute atomic E-state index is 0. The number of methoxy groups -OCH3 is 1. The molecule has 3 rings (SSSR count). The standard InChI is InChI=1S/C17H24N4O2.HI/c1-23-16(22)14-8-7-13(20-15(14)12-5-6-12)11-19-17(18)21-9-3-2-4-10-21;/h7-8,12H,2-6,9-11H2,1H3,(H2,18,19);1H. The van der Waals surface area contributed by atoms with Crippen molar-refractivity contribution < 1.29 is 9.53 Å². The lowest BCUT2D eigenvalue weighted by atomic mass is 10.1. The van der Waals surface area contributed by atoms with E-state index in [0.29, 0.717) is 24.0 Å². The zero-order chi connectivity index (χ0) is 16.2. The summed E-state index contributed by atoms with van der Waals surface area (Å²) in [5.74, 6) is 0.659.